The molecule has 1 heterocycles. The zero-order valence-electron chi connectivity index (χ0n) is 10.6. The fourth-order valence-electron chi connectivity index (χ4n) is 3.14. The molecule has 1 aliphatic carbocycles. The minimum Gasteiger partial charge on any atom is -0.459 e. The van der Waals surface area contributed by atoms with Crippen LogP contribution < -0.4 is 0 Å². The highest BCUT2D eigenvalue weighted by Gasteiger charge is 2.54. The number of rotatable bonds is 3. The summed E-state index contributed by atoms with van der Waals surface area (Å²) in [4.78, 5) is 11.4. The van der Waals surface area contributed by atoms with Crippen LogP contribution in [-0.4, -0.2) is 17.7 Å². The Morgan fingerprint density at radius 2 is 2.17 bits per heavy atom. The first-order chi connectivity index (χ1) is 8.67. The Kier molecular flexibility index (Phi) is 2.86. The second kappa shape index (κ2) is 4.39. The van der Waals surface area contributed by atoms with Crippen LogP contribution >= 0.6 is 0 Å². The van der Waals surface area contributed by atoms with E-state index in [4.69, 9.17) is 9.47 Å². The van der Waals surface area contributed by atoms with Crippen LogP contribution in [0.15, 0.2) is 30.3 Å². The lowest BCUT2D eigenvalue weighted by Gasteiger charge is -2.24. The van der Waals surface area contributed by atoms with E-state index in [2.05, 4.69) is 12.1 Å². The third kappa shape index (κ3) is 2.03. The highest BCUT2D eigenvalue weighted by molar-refractivity contribution is 5.73. The quantitative estimate of drug-likeness (QED) is 0.769. The minimum absolute atomic E-state index is 0.0736. The summed E-state index contributed by atoms with van der Waals surface area (Å²) >= 11 is 0. The molecule has 3 rings (SSSR count). The molecule has 2 fully saturated rings. The van der Waals surface area contributed by atoms with Gasteiger partial charge in [-0.25, -0.2) is 0 Å². The molecule has 1 saturated carbocycles. The first kappa shape index (κ1) is 11.7. The van der Waals surface area contributed by atoms with Gasteiger partial charge in [0.15, 0.2) is 0 Å². The zero-order valence-corrected chi connectivity index (χ0v) is 10.6. The number of carbonyl (C=O) groups excluding carboxylic acids is 1. The molecule has 3 nitrogen and oxygen atoms in total. The topological polar surface area (TPSA) is 35.5 Å². The number of carbonyl (C=O) groups is 1. The Hall–Kier alpha value is -1.35. The standard InChI is InChI=1S/C15H18O3/c1-15-8-7-13(12(15)9-14(16)18-15)17-10-11-5-3-2-4-6-11/h2-6,12-13H,7-10H2,1H3/t12?,13-,15-/m0/s1. The maximum atomic E-state index is 11.4. The third-order valence-corrected chi connectivity index (χ3v) is 4.20. The molecule has 1 aliphatic heterocycles. The van der Waals surface area contributed by atoms with Gasteiger partial charge in [-0.15, -0.1) is 0 Å². The van der Waals surface area contributed by atoms with E-state index in [-0.39, 0.29) is 23.6 Å². The van der Waals surface area contributed by atoms with Gasteiger partial charge in [-0.05, 0) is 25.3 Å². The summed E-state index contributed by atoms with van der Waals surface area (Å²) in [7, 11) is 0. The van der Waals surface area contributed by atoms with E-state index < -0.39 is 0 Å². The minimum atomic E-state index is -0.279. The summed E-state index contributed by atoms with van der Waals surface area (Å²) in [6.45, 7) is 2.65. The molecule has 18 heavy (non-hydrogen) atoms. The van der Waals surface area contributed by atoms with E-state index in [1.165, 1.54) is 5.56 Å². The number of ether oxygens (including phenoxy) is 2. The molecule has 0 amide bonds. The van der Waals surface area contributed by atoms with Gasteiger partial charge in [-0.3, -0.25) is 4.79 Å². The largest absolute Gasteiger partial charge is 0.459 e. The molecule has 1 saturated heterocycles. The van der Waals surface area contributed by atoms with Gasteiger partial charge in [0.2, 0.25) is 0 Å². The van der Waals surface area contributed by atoms with Crippen LogP contribution in [0.4, 0.5) is 0 Å². The molecule has 0 bridgehead atoms. The average Bonchev–Trinajstić information content (AvgIpc) is 2.81. The number of hydrogen-bond acceptors (Lipinski definition) is 3. The van der Waals surface area contributed by atoms with Crippen molar-refractivity contribution in [3.63, 3.8) is 0 Å². The second-order valence-electron chi connectivity index (χ2n) is 5.47. The number of hydrogen-bond donors (Lipinski definition) is 0. The highest BCUT2D eigenvalue weighted by Crippen LogP contribution is 2.47. The van der Waals surface area contributed by atoms with Crippen LogP contribution in [0, 0.1) is 5.92 Å². The molecule has 0 aromatic heterocycles. The average molecular weight is 246 g/mol. The van der Waals surface area contributed by atoms with Gasteiger partial charge in [-0.2, -0.15) is 0 Å². The summed E-state index contributed by atoms with van der Waals surface area (Å²) in [5, 5.41) is 0. The van der Waals surface area contributed by atoms with Gasteiger partial charge in [-0.1, -0.05) is 30.3 Å². The van der Waals surface area contributed by atoms with Crippen LogP contribution in [0.3, 0.4) is 0 Å². The zero-order chi connectivity index (χ0) is 12.6. The van der Waals surface area contributed by atoms with Gasteiger partial charge in [0.25, 0.3) is 0 Å². The van der Waals surface area contributed by atoms with E-state index in [9.17, 15) is 4.79 Å². The SMILES string of the molecule is C[C@]12CC[C@H](OCc3ccccc3)C1CC(=O)O2. The van der Waals surface area contributed by atoms with Crippen LogP contribution in [-0.2, 0) is 20.9 Å². The molecule has 3 heteroatoms. The van der Waals surface area contributed by atoms with Crippen molar-refractivity contribution in [2.75, 3.05) is 0 Å². The molecular formula is C15H18O3. The van der Waals surface area contributed by atoms with E-state index in [1.54, 1.807) is 0 Å². The fourth-order valence-corrected chi connectivity index (χ4v) is 3.14. The number of benzene rings is 1. The lowest BCUT2D eigenvalue weighted by molar-refractivity contribution is -0.147. The number of fused-ring (bicyclic) bond motifs is 1. The molecule has 0 radical (unpaired) electrons. The molecule has 1 aromatic rings. The molecule has 1 unspecified atom stereocenters. The monoisotopic (exact) mass is 246 g/mol. The Labute approximate surface area is 107 Å². The highest BCUT2D eigenvalue weighted by atomic mass is 16.6. The first-order valence-electron chi connectivity index (χ1n) is 6.55. The summed E-state index contributed by atoms with van der Waals surface area (Å²) < 4.78 is 11.4. The second-order valence-corrected chi connectivity index (χ2v) is 5.47. The predicted molar refractivity (Wildman–Crippen MR) is 66.9 cm³/mol. The van der Waals surface area contributed by atoms with Gasteiger partial charge in [0, 0.05) is 5.92 Å². The van der Waals surface area contributed by atoms with Crippen LogP contribution in [0.5, 0.6) is 0 Å². The van der Waals surface area contributed by atoms with Crippen molar-refractivity contribution in [2.24, 2.45) is 5.92 Å². The van der Waals surface area contributed by atoms with E-state index in [1.807, 2.05) is 25.1 Å². The lowest BCUT2D eigenvalue weighted by Crippen LogP contribution is -2.31. The van der Waals surface area contributed by atoms with E-state index >= 15 is 0 Å². The maximum Gasteiger partial charge on any atom is 0.306 e. The van der Waals surface area contributed by atoms with Crippen molar-refractivity contribution >= 4 is 5.97 Å². The molecule has 0 N–H and O–H groups in total. The third-order valence-electron chi connectivity index (χ3n) is 4.20. The van der Waals surface area contributed by atoms with Gasteiger partial charge in [0.1, 0.15) is 5.60 Å². The molecule has 2 aliphatic rings. The predicted octanol–water partition coefficient (Wildman–Crippen LogP) is 2.69. The summed E-state index contributed by atoms with van der Waals surface area (Å²) in [6.07, 6.45) is 2.57. The molecular weight excluding hydrogens is 228 g/mol. The summed E-state index contributed by atoms with van der Waals surface area (Å²) in [5.74, 6) is 0.157. The van der Waals surface area contributed by atoms with Crippen molar-refractivity contribution in [3.05, 3.63) is 35.9 Å². The maximum absolute atomic E-state index is 11.4. The van der Waals surface area contributed by atoms with Crippen LogP contribution in [0.1, 0.15) is 31.7 Å². The summed E-state index contributed by atoms with van der Waals surface area (Å²) in [5.41, 5.74) is 0.898. The van der Waals surface area contributed by atoms with Gasteiger partial charge in [0.05, 0.1) is 19.1 Å². The Bertz CT molecular complexity index is 442. The van der Waals surface area contributed by atoms with Crippen molar-refractivity contribution in [1.29, 1.82) is 0 Å². The normalized spacial score (nSPS) is 34.4. The van der Waals surface area contributed by atoms with Crippen molar-refractivity contribution in [3.8, 4) is 0 Å². The fraction of sp³-hybridized carbons (Fsp3) is 0.533. The van der Waals surface area contributed by atoms with Crippen molar-refractivity contribution < 1.29 is 14.3 Å². The summed E-state index contributed by atoms with van der Waals surface area (Å²) in [6, 6.07) is 10.1. The molecule has 1 aromatic carbocycles. The van der Waals surface area contributed by atoms with Crippen molar-refractivity contribution in [1.82, 2.24) is 0 Å². The Balaban J connectivity index is 1.63. The van der Waals surface area contributed by atoms with E-state index in [0.29, 0.717) is 13.0 Å². The molecule has 3 atom stereocenters. The van der Waals surface area contributed by atoms with Crippen LogP contribution in [0.25, 0.3) is 0 Å². The molecule has 0 spiro atoms. The van der Waals surface area contributed by atoms with Gasteiger partial charge >= 0.3 is 5.97 Å². The lowest BCUT2D eigenvalue weighted by atomic mass is 9.92. The smallest absolute Gasteiger partial charge is 0.306 e. The number of esters is 1. The Morgan fingerprint density at radius 3 is 2.94 bits per heavy atom. The van der Waals surface area contributed by atoms with E-state index in [0.717, 1.165) is 12.8 Å². The molecule has 96 valence electrons. The van der Waals surface area contributed by atoms with Crippen LogP contribution in [0.2, 0.25) is 0 Å². The first-order valence-corrected chi connectivity index (χ1v) is 6.55. The van der Waals surface area contributed by atoms with Gasteiger partial charge < -0.3 is 9.47 Å². The Morgan fingerprint density at radius 1 is 1.39 bits per heavy atom. The van der Waals surface area contributed by atoms with Crippen molar-refractivity contribution in [2.45, 2.75) is 44.5 Å².